The third kappa shape index (κ3) is 3.26. The van der Waals surface area contributed by atoms with Crippen LogP contribution in [0.15, 0.2) is 53.3 Å². The first kappa shape index (κ1) is 17.9. The van der Waals surface area contributed by atoms with Crippen LogP contribution in [0.5, 0.6) is 0 Å². The van der Waals surface area contributed by atoms with Crippen molar-refractivity contribution in [2.45, 2.75) is 26.2 Å². The number of rotatable bonds is 6. The van der Waals surface area contributed by atoms with Crippen molar-refractivity contribution in [2.75, 3.05) is 6.54 Å². The summed E-state index contributed by atoms with van der Waals surface area (Å²) < 4.78 is 1.65. The van der Waals surface area contributed by atoms with Crippen LogP contribution >= 0.6 is 0 Å². The van der Waals surface area contributed by atoms with Crippen molar-refractivity contribution in [2.24, 2.45) is 0 Å². The van der Waals surface area contributed by atoms with Gasteiger partial charge in [0.1, 0.15) is 5.69 Å². The van der Waals surface area contributed by atoms with Crippen LogP contribution in [0.25, 0.3) is 27.8 Å². The minimum absolute atomic E-state index is 0.154. The molecule has 7 heteroatoms. The fourth-order valence-electron chi connectivity index (χ4n) is 3.24. The van der Waals surface area contributed by atoms with Crippen LogP contribution in [0.3, 0.4) is 0 Å². The summed E-state index contributed by atoms with van der Waals surface area (Å²) in [5, 5.41) is 10.6. The Balaban J connectivity index is 1.77. The van der Waals surface area contributed by atoms with E-state index in [9.17, 15) is 9.59 Å². The van der Waals surface area contributed by atoms with E-state index in [4.69, 9.17) is 0 Å². The molecule has 0 aliphatic rings. The molecule has 2 N–H and O–H groups in total. The van der Waals surface area contributed by atoms with Gasteiger partial charge in [0.05, 0.1) is 10.9 Å². The highest BCUT2D eigenvalue weighted by molar-refractivity contribution is 5.98. The molecule has 0 bridgehead atoms. The molecule has 0 saturated carbocycles. The number of amides is 1. The van der Waals surface area contributed by atoms with Gasteiger partial charge in [0.2, 0.25) is 0 Å². The quantitative estimate of drug-likeness (QED) is 0.506. The second-order valence-corrected chi connectivity index (χ2v) is 6.70. The molecule has 0 aliphatic carbocycles. The molecule has 0 aliphatic heterocycles. The lowest BCUT2D eigenvalue weighted by Crippen LogP contribution is -2.24. The van der Waals surface area contributed by atoms with Gasteiger partial charge in [-0.25, -0.2) is 9.73 Å². The number of nitrogens with zero attached hydrogens (tertiary/aromatic N) is 3. The number of hydrogen-bond donors (Lipinski definition) is 2. The molecule has 1 amide bonds. The zero-order chi connectivity index (χ0) is 19.5. The van der Waals surface area contributed by atoms with Crippen molar-refractivity contribution in [3.63, 3.8) is 0 Å². The van der Waals surface area contributed by atoms with Gasteiger partial charge < -0.3 is 5.32 Å². The van der Waals surface area contributed by atoms with E-state index < -0.39 is 0 Å². The van der Waals surface area contributed by atoms with Gasteiger partial charge in [-0.05, 0) is 24.6 Å². The Morgan fingerprint density at radius 3 is 2.75 bits per heavy atom. The predicted molar refractivity (Wildman–Crippen MR) is 108 cm³/mol. The monoisotopic (exact) mass is 375 g/mol. The number of aromatic nitrogens is 4. The molecule has 0 saturated heterocycles. The minimum Gasteiger partial charge on any atom is -0.352 e. The van der Waals surface area contributed by atoms with Gasteiger partial charge in [-0.1, -0.05) is 50.1 Å². The van der Waals surface area contributed by atoms with Gasteiger partial charge in [0.15, 0.2) is 5.65 Å². The average molecular weight is 375 g/mol. The molecule has 28 heavy (non-hydrogen) atoms. The second-order valence-electron chi connectivity index (χ2n) is 6.70. The summed E-state index contributed by atoms with van der Waals surface area (Å²) in [7, 11) is 0. The Kier molecular flexibility index (Phi) is 4.89. The number of hydrogen-bond acceptors (Lipinski definition) is 4. The lowest BCUT2D eigenvalue weighted by Gasteiger charge is -2.07. The number of aromatic amines is 1. The Hall–Kier alpha value is -3.48. The van der Waals surface area contributed by atoms with Crippen molar-refractivity contribution < 1.29 is 4.79 Å². The molecule has 142 valence electrons. The number of carbonyl (C=O) groups is 1. The first-order valence-electron chi connectivity index (χ1n) is 9.43. The third-order valence-corrected chi connectivity index (χ3v) is 4.74. The maximum Gasteiger partial charge on any atom is 0.281 e. The number of unbranched alkanes of at least 4 members (excludes halogenated alkanes) is 2. The summed E-state index contributed by atoms with van der Waals surface area (Å²) in [4.78, 5) is 29.2. The first-order chi connectivity index (χ1) is 13.7. The predicted octanol–water partition coefficient (Wildman–Crippen LogP) is 3.16. The Bertz CT molecular complexity index is 1190. The minimum atomic E-state index is -0.344. The van der Waals surface area contributed by atoms with E-state index in [0.29, 0.717) is 34.4 Å². The van der Waals surface area contributed by atoms with Gasteiger partial charge in [-0.15, -0.1) is 0 Å². The molecule has 0 spiro atoms. The van der Waals surface area contributed by atoms with Crippen LogP contribution in [0.4, 0.5) is 0 Å². The van der Waals surface area contributed by atoms with E-state index in [-0.39, 0.29) is 11.5 Å². The van der Waals surface area contributed by atoms with Gasteiger partial charge in [0.25, 0.3) is 11.5 Å². The van der Waals surface area contributed by atoms with Gasteiger partial charge in [-0.3, -0.25) is 9.59 Å². The molecule has 0 unspecified atom stereocenters. The van der Waals surface area contributed by atoms with Crippen LogP contribution in [-0.2, 0) is 0 Å². The van der Waals surface area contributed by atoms with E-state index in [2.05, 4.69) is 27.5 Å². The number of nitrogens with one attached hydrogen (secondary N) is 2. The standard InChI is InChI=1S/C21H21N5O2/c1-2-3-7-12-22-20(27)15-10-11-16-17(13-15)26-19(23-21(16)28)18(24-25-26)14-8-5-4-6-9-14/h4-6,8-11,13,25H,2-3,7,12H2,1H3,(H,22,27). The molecule has 7 nitrogen and oxygen atoms in total. The Morgan fingerprint density at radius 1 is 1.14 bits per heavy atom. The lowest BCUT2D eigenvalue weighted by molar-refractivity contribution is 0.0953. The maximum absolute atomic E-state index is 12.5. The maximum atomic E-state index is 12.5. The highest BCUT2D eigenvalue weighted by atomic mass is 16.1. The van der Waals surface area contributed by atoms with Crippen molar-refractivity contribution in [3.8, 4) is 11.3 Å². The van der Waals surface area contributed by atoms with Crippen molar-refractivity contribution in [1.29, 1.82) is 0 Å². The molecule has 2 heterocycles. The fraction of sp³-hybridized carbons (Fsp3) is 0.238. The summed E-state index contributed by atoms with van der Waals surface area (Å²) in [5.74, 6) is -0.154. The lowest BCUT2D eigenvalue weighted by atomic mass is 10.1. The van der Waals surface area contributed by atoms with Crippen molar-refractivity contribution in [1.82, 2.24) is 25.1 Å². The zero-order valence-corrected chi connectivity index (χ0v) is 15.6. The summed E-state index contributed by atoms with van der Waals surface area (Å²) in [6, 6.07) is 14.5. The molecule has 2 aromatic heterocycles. The van der Waals surface area contributed by atoms with Crippen molar-refractivity contribution in [3.05, 3.63) is 64.4 Å². The van der Waals surface area contributed by atoms with Crippen LogP contribution < -0.4 is 10.9 Å². The number of carbonyl (C=O) groups excluding carboxylic acids is 1. The van der Waals surface area contributed by atoms with Crippen LogP contribution in [0.1, 0.15) is 36.5 Å². The smallest absolute Gasteiger partial charge is 0.281 e. The summed E-state index contributed by atoms with van der Waals surface area (Å²) >= 11 is 0. The Morgan fingerprint density at radius 2 is 1.96 bits per heavy atom. The number of H-pyrrole nitrogens is 1. The molecule has 4 aromatic rings. The molecular weight excluding hydrogens is 354 g/mol. The molecule has 0 radical (unpaired) electrons. The fourth-order valence-corrected chi connectivity index (χ4v) is 3.24. The molecular formula is C21H21N5O2. The normalized spacial score (nSPS) is 11.2. The highest BCUT2D eigenvalue weighted by Gasteiger charge is 2.15. The van der Waals surface area contributed by atoms with E-state index in [1.165, 1.54) is 0 Å². The van der Waals surface area contributed by atoms with Crippen LogP contribution in [0.2, 0.25) is 0 Å². The van der Waals surface area contributed by atoms with E-state index in [1.54, 1.807) is 22.7 Å². The van der Waals surface area contributed by atoms with Gasteiger partial charge in [0, 0.05) is 17.7 Å². The van der Waals surface area contributed by atoms with Crippen LogP contribution in [-0.4, -0.2) is 32.3 Å². The van der Waals surface area contributed by atoms with E-state index in [0.717, 1.165) is 24.8 Å². The average Bonchev–Trinajstić information content (AvgIpc) is 3.15. The van der Waals surface area contributed by atoms with Crippen molar-refractivity contribution >= 4 is 22.5 Å². The summed E-state index contributed by atoms with van der Waals surface area (Å²) in [5.41, 5.74) is 2.61. The zero-order valence-electron chi connectivity index (χ0n) is 15.6. The largest absolute Gasteiger partial charge is 0.352 e. The number of fused-ring (bicyclic) bond motifs is 3. The molecule has 2 aromatic carbocycles. The van der Waals surface area contributed by atoms with Crippen LogP contribution in [0, 0.1) is 0 Å². The van der Waals surface area contributed by atoms with E-state index >= 15 is 0 Å². The van der Waals surface area contributed by atoms with Gasteiger partial charge in [-0.2, -0.15) is 10.1 Å². The highest BCUT2D eigenvalue weighted by Crippen LogP contribution is 2.22. The molecule has 4 rings (SSSR count). The topological polar surface area (TPSA) is 92.2 Å². The molecule has 0 fully saturated rings. The van der Waals surface area contributed by atoms with Gasteiger partial charge >= 0.3 is 0 Å². The molecule has 0 atom stereocenters. The summed E-state index contributed by atoms with van der Waals surface area (Å²) in [6.45, 7) is 2.76. The summed E-state index contributed by atoms with van der Waals surface area (Å²) in [6.07, 6.45) is 3.13. The third-order valence-electron chi connectivity index (χ3n) is 4.74. The van der Waals surface area contributed by atoms with E-state index in [1.807, 2.05) is 30.3 Å². The SMILES string of the molecule is CCCCCNC(=O)c1ccc2c(=O)nc3c(-c4ccccc4)n[nH]n3c2c1. The second kappa shape index (κ2) is 7.64. The first-order valence-corrected chi connectivity index (χ1v) is 9.43. The number of benzene rings is 2. The Labute approximate surface area is 161 Å².